The van der Waals surface area contributed by atoms with Crippen LogP contribution < -0.4 is 5.73 Å². The van der Waals surface area contributed by atoms with Crippen molar-refractivity contribution >= 4 is 35.6 Å². The summed E-state index contributed by atoms with van der Waals surface area (Å²) in [5.41, 5.74) is 9.54. The Kier molecular flexibility index (Phi) is 4.29. The Bertz CT molecular complexity index is 869. The Morgan fingerprint density at radius 2 is 1.83 bits per heavy atom. The number of fused-ring (bicyclic) bond motifs is 1. The van der Waals surface area contributed by atoms with Gasteiger partial charge in [0, 0.05) is 16.5 Å². The van der Waals surface area contributed by atoms with Crippen LogP contribution in [-0.2, 0) is 0 Å². The van der Waals surface area contributed by atoms with E-state index in [0.29, 0.717) is 0 Å². The normalized spacial score (nSPS) is 12.7. The van der Waals surface area contributed by atoms with Gasteiger partial charge in [-0.1, -0.05) is 30.3 Å². The van der Waals surface area contributed by atoms with E-state index in [9.17, 15) is 0 Å². The lowest BCUT2D eigenvalue weighted by atomic mass is 10.1. The second kappa shape index (κ2) is 6.70. The topological polar surface area (TPSA) is 69.5 Å². The lowest BCUT2D eigenvalue weighted by molar-refractivity contribution is -0.399. The third-order valence-corrected chi connectivity index (χ3v) is 3.56. The number of H-pyrrole nitrogens is 1. The lowest BCUT2D eigenvalue weighted by Gasteiger charge is -2.05. The highest BCUT2D eigenvalue weighted by atomic mass is 15.0. The predicted octanol–water partition coefficient (Wildman–Crippen LogP) is 3.15. The van der Waals surface area contributed by atoms with Gasteiger partial charge in [-0.15, -0.1) is 0 Å². The van der Waals surface area contributed by atoms with Gasteiger partial charge in [-0.3, -0.25) is 0 Å². The molecule has 5 nitrogen and oxygen atoms in total. The number of aromatic nitrogens is 1. The van der Waals surface area contributed by atoms with Gasteiger partial charge in [-0.2, -0.15) is 0 Å². The average molecular weight is 304 g/mol. The number of hydrogen-bond donors (Lipinski definition) is 2. The molecule has 1 aromatic heterocycles. The summed E-state index contributed by atoms with van der Waals surface area (Å²) in [7, 11) is 1.95. The maximum atomic E-state index is 5.18. The van der Waals surface area contributed by atoms with Crippen LogP contribution in [0.4, 0.5) is 5.69 Å². The van der Waals surface area contributed by atoms with E-state index in [-0.39, 0.29) is 0 Å². The molecule has 23 heavy (non-hydrogen) atoms. The Labute approximate surface area is 134 Å². The van der Waals surface area contributed by atoms with E-state index in [2.05, 4.69) is 45.3 Å². The molecule has 0 amide bonds. The molecule has 0 saturated carbocycles. The van der Waals surface area contributed by atoms with Crippen molar-refractivity contribution in [3.8, 4) is 11.3 Å². The summed E-state index contributed by atoms with van der Waals surface area (Å²) >= 11 is 0. The molecule has 0 aliphatic heterocycles. The Morgan fingerprint density at radius 1 is 1.04 bits per heavy atom. The van der Waals surface area contributed by atoms with Gasteiger partial charge in [0.15, 0.2) is 0 Å². The molecule has 0 unspecified atom stereocenters. The van der Waals surface area contributed by atoms with E-state index >= 15 is 0 Å². The third-order valence-electron chi connectivity index (χ3n) is 3.56. The molecule has 114 valence electrons. The summed E-state index contributed by atoms with van der Waals surface area (Å²) in [6, 6.07) is 18.6. The van der Waals surface area contributed by atoms with Crippen LogP contribution in [0.3, 0.4) is 0 Å². The second-order valence-electron chi connectivity index (χ2n) is 5.08. The lowest BCUT2D eigenvalue weighted by Crippen LogP contribution is -2.00. The minimum atomic E-state index is 1.05. The van der Waals surface area contributed by atoms with Crippen LogP contribution in [0.15, 0.2) is 64.6 Å². The number of aliphatic imine (C=N–C) groups is 2. The number of nitrogens with zero attached hydrogens (tertiary/aromatic N) is 3. The maximum absolute atomic E-state index is 5.18. The predicted molar refractivity (Wildman–Crippen MR) is 96.8 cm³/mol. The van der Waals surface area contributed by atoms with Gasteiger partial charge in [0.2, 0.25) is 6.34 Å². The van der Waals surface area contributed by atoms with Crippen LogP contribution in [0.5, 0.6) is 0 Å². The van der Waals surface area contributed by atoms with Gasteiger partial charge >= 0.3 is 0 Å². The molecule has 1 heterocycles. The van der Waals surface area contributed by atoms with E-state index in [1.165, 1.54) is 18.1 Å². The van der Waals surface area contributed by atoms with Gasteiger partial charge in [-0.25, -0.2) is 9.57 Å². The zero-order valence-electron chi connectivity index (χ0n) is 12.8. The number of nitrogens with one attached hydrogen (secondary N) is 1. The fourth-order valence-electron chi connectivity index (χ4n) is 2.50. The minimum absolute atomic E-state index is 1.05. The number of hydrogen-bond acceptors (Lipinski definition) is 0. The first-order valence-corrected chi connectivity index (χ1v) is 7.28. The van der Waals surface area contributed by atoms with Crippen molar-refractivity contribution in [3.05, 3.63) is 54.6 Å². The van der Waals surface area contributed by atoms with Crippen molar-refractivity contribution in [2.75, 3.05) is 7.05 Å². The fourth-order valence-corrected chi connectivity index (χ4v) is 2.50. The smallest absolute Gasteiger partial charge is 0.288 e. The van der Waals surface area contributed by atoms with E-state index in [4.69, 9.17) is 5.73 Å². The monoisotopic (exact) mass is 304 g/mol. The summed E-state index contributed by atoms with van der Waals surface area (Å²) in [5, 5.41) is 1.19. The van der Waals surface area contributed by atoms with Crippen LogP contribution in [0, 0.1) is 0 Å². The Balaban J connectivity index is 2.03. The molecule has 5 heteroatoms. The van der Waals surface area contributed by atoms with Crippen molar-refractivity contribution in [1.82, 2.24) is 4.98 Å². The fraction of sp³-hybridized carbons (Fsp3) is 0.0556. The molecule has 0 fully saturated rings. The van der Waals surface area contributed by atoms with Gasteiger partial charge in [-0.05, 0) is 29.3 Å². The summed E-state index contributed by atoms with van der Waals surface area (Å²) < 4.78 is 1.95. The highest BCUT2D eigenvalue weighted by molar-refractivity contribution is 5.87. The second-order valence-corrected chi connectivity index (χ2v) is 5.08. The molecular formula is C18H18N5+. The molecule has 0 radical (unpaired) electrons. The molecule has 3 aromatic rings. The molecule has 0 bridgehead atoms. The highest BCUT2D eigenvalue weighted by Crippen LogP contribution is 2.30. The van der Waals surface area contributed by atoms with Crippen LogP contribution in [0.25, 0.3) is 22.2 Å². The van der Waals surface area contributed by atoms with E-state index in [1.54, 1.807) is 6.34 Å². The van der Waals surface area contributed by atoms with Crippen LogP contribution in [0.1, 0.15) is 0 Å². The van der Waals surface area contributed by atoms with Crippen molar-refractivity contribution < 1.29 is 4.58 Å². The highest BCUT2D eigenvalue weighted by Gasteiger charge is 2.11. The molecule has 0 spiro atoms. The number of benzene rings is 2. The van der Waals surface area contributed by atoms with Crippen LogP contribution >= 0.6 is 0 Å². The van der Waals surface area contributed by atoms with Gasteiger partial charge < -0.3 is 10.7 Å². The SMILES string of the molecule is C[N+](=CN=CN=CN)c1ccccc1-c1cc2ccccc2[nH]1. The number of rotatable bonds is 4. The molecule has 0 aliphatic rings. The maximum Gasteiger partial charge on any atom is 0.288 e. The zero-order chi connectivity index (χ0) is 16.1. The van der Waals surface area contributed by atoms with Gasteiger partial charge in [0.25, 0.3) is 6.34 Å². The molecule has 2 aromatic carbocycles. The minimum Gasteiger partial charge on any atom is -0.390 e. The first kappa shape index (κ1) is 14.7. The van der Waals surface area contributed by atoms with Crippen LogP contribution in [0.2, 0.25) is 0 Å². The van der Waals surface area contributed by atoms with Crippen molar-refractivity contribution in [2.45, 2.75) is 0 Å². The molecule has 0 atom stereocenters. The molecule has 3 N–H and O–H groups in total. The van der Waals surface area contributed by atoms with Crippen LogP contribution in [-0.4, -0.2) is 35.6 Å². The van der Waals surface area contributed by atoms with Gasteiger partial charge in [0.1, 0.15) is 5.69 Å². The average Bonchev–Trinajstić information content (AvgIpc) is 3.02. The standard InChI is InChI=1S/C18H17N5/c1-23(13-21-12-20-11-19)18-9-5-3-7-15(18)17-10-14-6-2-4-8-16(14)22-17/h2-13,19,22H,1H3/p+1. The number of para-hydroxylation sites is 2. The first-order chi connectivity index (χ1) is 11.3. The van der Waals surface area contributed by atoms with E-state index in [1.807, 2.05) is 35.9 Å². The molecular weight excluding hydrogens is 286 g/mol. The van der Waals surface area contributed by atoms with E-state index in [0.717, 1.165) is 22.5 Å². The Morgan fingerprint density at radius 3 is 2.65 bits per heavy atom. The van der Waals surface area contributed by atoms with Crippen molar-refractivity contribution in [1.29, 1.82) is 0 Å². The first-order valence-electron chi connectivity index (χ1n) is 7.28. The van der Waals surface area contributed by atoms with Crippen molar-refractivity contribution in [2.24, 2.45) is 15.7 Å². The summed E-state index contributed by atoms with van der Waals surface area (Å²) in [6.45, 7) is 0. The summed E-state index contributed by atoms with van der Waals surface area (Å²) in [5.74, 6) is 0. The molecule has 0 aliphatic carbocycles. The quantitative estimate of drug-likeness (QED) is 0.434. The zero-order valence-corrected chi connectivity index (χ0v) is 12.8. The summed E-state index contributed by atoms with van der Waals surface area (Å²) in [4.78, 5) is 11.3. The number of nitrogens with two attached hydrogens (primary N) is 1. The largest absolute Gasteiger partial charge is 0.390 e. The third kappa shape index (κ3) is 3.18. The Hall–Kier alpha value is -3.21. The van der Waals surface area contributed by atoms with Gasteiger partial charge in [0.05, 0.1) is 19.1 Å². The summed E-state index contributed by atoms with van der Waals surface area (Å²) in [6.07, 6.45) is 4.31. The molecule has 0 saturated heterocycles. The van der Waals surface area contributed by atoms with E-state index < -0.39 is 0 Å². The van der Waals surface area contributed by atoms with Crippen molar-refractivity contribution in [3.63, 3.8) is 0 Å². The molecule has 3 rings (SSSR count). The number of aromatic amines is 1.